The summed E-state index contributed by atoms with van der Waals surface area (Å²) in [5.74, 6) is 2.60. The van der Waals surface area contributed by atoms with Crippen LogP contribution in [0.15, 0.2) is 53.7 Å². The molecule has 0 amide bonds. The van der Waals surface area contributed by atoms with E-state index in [0.29, 0.717) is 6.54 Å². The number of fused-ring (bicyclic) bond motifs is 2. The molecule has 0 atom stereocenters. The minimum absolute atomic E-state index is 0.550. The lowest BCUT2D eigenvalue weighted by atomic mass is 10.3. The van der Waals surface area contributed by atoms with Gasteiger partial charge in [0, 0.05) is 26.2 Å². The fraction of sp³-hybridized carbons (Fsp3) is 0.263. The third kappa shape index (κ3) is 3.89. The van der Waals surface area contributed by atoms with E-state index < -0.39 is 0 Å². The number of pyridine rings is 1. The second-order valence-corrected chi connectivity index (χ2v) is 6.20. The fourth-order valence-corrected chi connectivity index (χ4v) is 2.98. The number of benzene rings is 1. The second-order valence-electron chi connectivity index (χ2n) is 6.20. The van der Waals surface area contributed by atoms with Gasteiger partial charge < -0.3 is 15.6 Å². The van der Waals surface area contributed by atoms with Crippen molar-refractivity contribution in [2.45, 2.75) is 19.4 Å². The lowest BCUT2D eigenvalue weighted by Gasteiger charge is -2.10. The normalized spacial score (nSPS) is 12.0. The van der Waals surface area contributed by atoms with Gasteiger partial charge in [0.15, 0.2) is 17.4 Å². The van der Waals surface area contributed by atoms with Gasteiger partial charge in [-0.15, -0.1) is 10.2 Å². The molecule has 0 aliphatic heterocycles. The number of nitrogens with zero attached hydrogens (tertiary/aromatic N) is 5. The van der Waals surface area contributed by atoms with E-state index in [-0.39, 0.29) is 0 Å². The van der Waals surface area contributed by atoms with Crippen LogP contribution in [0, 0.1) is 0 Å². The minimum Gasteiger partial charge on any atom is -0.356 e. The van der Waals surface area contributed by atoms with Crippen LogP contribution in [0.4, 0.5) is 0 Å². The van der Waals surface area contributed by atoms with Crippen molar-refractivity contribution in [1.82, 2.24) is 35.2 Å². The van der Waals surface area contributed by atoms with Crippen molar-refractivity contribution in [1.29, 1.82) is 0 Å². The van der Waals surface area contributed by atoms with Crippen LogP contribution in [0.2, 0.25) is 0 Å². The highest BCUT2D eigenvalue weighted by molar-refractivity contribution is 5.79. The van der Waals surface area contributed by atoms with Crippen molar-refractivity contribution in [2.75, 3.05) is 13.6 Å². The summed E-state index contributed by atoms with van der Waals surface area (Å²) in [6.07, 6.45) is 3.79. The maximum Gasteiger partial charge on any atom is 0.191 e. The molecule has 8 heteroatoms. The monoisotopic (exact) mass is 362 g/mol. The quantitative estimate of drug-likeness (QED) is 0.277. The first-order chi connectivity index (χ1) is 13.3. The Morgan fingerprint density at radius 1 is 1.11 bits per heavy atom. The van der Waals surface area contributed by atoms with Crippen LogP contribution in [-0.4, -0.2) is 44.1 Å². The number of H-pyrrole nitrogens is 1. The van der Waals surface area contributed by atoms with E-state index in [1.807, 2.05) is 53.1 Å². The fourth-order valence-electron chi connectivity index (χ4n) is 2.98. The third-order valence-corrected chi connectivity index (χ3v) is 4.34. The smallest absolute Gasteiger partial charge is 0.191 e. The Morgan fingerprint density at radius 2 is 2.00 bits per heavy atom. The zero-order valence-electron chi connectivity index (χ0n) is 15.2. The van der Waals surface area contributed by atoms with Crippen LogP contribution >= 0.6 is 0 Å². The largest absolute Gasteiger partial charge is 0.356 e. The predicted octanol–water partition coefficient (Wildman–Crippen LogP) is 1.90. The highest BCUT2D eigenvalue weighted by Gasteiger charge is 2.06. The molecule has 8 nitrogen and oxygen atoms in total. The maximum absolute atomic E-state index is 4.60. The van der Waals surface area contributed by atoms with Crippen LogP contribution in [0.5, 0.6) is 0 Å². The highest BCUT2D eigenvalue weighted by atomic mass is 15.3. The van der Waals surface area contributed by atoms with Gasteiger partial charge in [0.05, 0.1) is 17.6 Å². The Morgan fingerprint density at radius 3 is 2.89 bits per heavy atom. The first-order valence-corrected chi connectivity index (χ1v) is 9.00. The van der Waals surface area contributed by atoms with Gasteiger partial charge in [-0.2, -0.15) is 0 Å². The number of aromatic amines is 1. The van der Waals surface area contributed by atoms with E-state index in [1.54, 1.807) is 7.05 Å². The Balaban J connectivity index is 1.25. The van der Waals surface area contributed by atoms with Crippen molar-refractivity contribution in [3.05, 3.63) is 60.3 Å². The number of hydrogen-bond donors (Lipinski definition) is 3. The summed E-state index contributed by atoms with van der Waals surface area (Å²) in [7, 11) is 1.76. The zero-order chi connectivity index (χ0) is 18.5. The molecular weight excluding hydrogens is 340 g/mol. The number of aromatic nitrogens is 5. The summed E-state index contributed by atoms with van der Waals surface area (Å²) >= 11 is 0. The Bertz CT molecular complexity index is 1030. The van der Waals surface area contributed by atoms with E-state index in [9.17, 15) is 0 Å². The molecule has 3 aromatic heterocycles. The maximum atomic E-state index is 4.60. The van der Waals surface area contributed by atoms with Gasteiger partial charge in [-0.05, 0) is 30.7 Å². The van der Waals surface area contributed by atoms with Crippen molar-refractivity contribution in [3.63, 3.8) is 0 Å². The Labute approximate surface area is 156 Å². The lowest BCUT2D eigenvalue weighted by molar-refractivity contribution is 0.715. The SMILES string of the molecule is CN=C(NCCCc1nc2ccccc2[nH]1)NCc1nnc2ccccn12. The Hall–Kier alpha value is -3.42. The molecule has 0 fully saturated rings. The van der Waals surface area contributed by atoms with Crippen LogP contribution in [0.25, 0.3) is 16.7 Å². The van der Waals surface area contributed by atoms with E-state index in [0.717, 1.165) is 53.7 Å². The number of guanidine groups is 1. The van der Waals surface area contributed by atoms with Crippen molar-refractivity contribution in [2.24, 2.45) is 4.99 Å². The summed E-state index contributed by atoms with van der Waals surface area (Å²) in [5.41, 5.74) is 2.93. The second kappa shape index (κ2) is 7.86. The van der Waals surface area contributed by atoms with Crippen LogP contribution in [0.3, 0.4) is 0 Å². The number of hydrogen-bond acceptors (Lipinski definition) is 4. The number of aryl methyl sites for hydroxylation is 1. The number of aliphatic imine (C=N–C) groups is 1. The molecule has 0 radical (unpaired) electrons. The van der Waals surface area contributed by atoms with E-state index in [1.165, 1.54) is 0 Å². The summed E-state index contributed by atoms with van der Waals surface area (Å²) in [5, 5.41) is 15.0. The van der Waals surface area contributed by atoms with Gasteiger partial charge in [-0.1, -0.05) is 18.2 Å². The summed E-state index contributed by atoms with van der Waals surface area (Å²) in [4.78, 5) is 12.2. The van der Waals surface area contributed by atoms with E-state index >= 15 is 0 Å². The predicted molar refractivity (Wildman–Crippen MR) is 106 cm³/mol. The Kier molecular flexibility index (Phi) is 4.95. The van der Waals surface area contributed by atoms with Gasteiger partial charge in [0.25, 0.3) is 0 Å². The number of rotatable bonds is 6. The van der Waals surface area contributed by atoms with Crippen LogP contribution in [-0.2, 0) is 13.0 Å². The molecule has 138 valence electrons. The average molecular weight is 362 g/mol. The molecule has 0 saturated heterocycles. The first-order valence-electron chi connectivity index (χ1n) is 9.00. The number of imidazole rings is 1. The standard InChI is InChI=1S/C19H22N8/c1-20-19(22-13-18-26-25-17-10-4-5-12-27(17)18)21-11-6-9-16-23-14-7-2-3-8-15(14)24-16/h2-5,7-8,10,12H,6,9,11,13H2,1H3,(H,23,24)(H2,20,21,22). The molecule has 3 N–H and O–H groups in total. The molecule has 4 rings (SSSR count). The summed E-state index contributed by atoms with van der Waals surface area (Å²) < 4.78 is 1.96. The third-order valence-electron chi connectivity index (χ3n) is 4.34. The summed E-state index contributed by atoms with van der Waals surface area (Å²) in [6.45, 7) is 1.35. The highest BCUT2D eigenvalue weighted by Crippen LogP contribution is 2.11. The summed E-state index contributed by atoms with van der Waals surface area (Å²) in [6, 6.07) is 13.9. The van der Waals surface area contributed by atoms with Gasteiger partial charge in [-0.25, -0.2) is 4.98 Å². The van der Waals surface area contributed by atoms with Gasteiger partial charge in [-0.3, -0.25) is 9.39 Å². The molecule has 4 aromatic rings. The molecule has 0 aliphatic carbocycles. The average Bonchev–Trinajstić information content (AvgIpc) is 3.31. The lowest BCUT2D eigenvalue weighted by Crippen LogP contribution is -2.37. The molecule has 0 aliphatic rings. The van der Waals surface area contributed by atoms with Gasteiger partial charge in [0.2, 0.25) is 0 Å². The minimum atomic E-state index is 0.550. The van der Waals surface area contributed by atoms with E-state index in [2.05, 4.69) is 35.8 Å². The molecule has 3 heterocycles. The molecule has 0 saturated carbocycles. The number of nitrogens with one attached hydrogen (secondary N) is 3. The number of para-hydroxylation sites is 2. The molecule has 0 bridgehead atoms. The van der Waals surface area contributed by atoms with E-state index in [4.69, 9.17) is 0 Å². The molecule has 0 unspecified atom stereocenters. The van der Waals surface area contributed by atoms with Crippen LogP contribution in [0.1, 0.15) is 18.1 Å². The molecular formula is C19H22N8. The van der Waals surface area contributed by atoms with Crippen molar-refractivity contribution in [3.8, 4) is 0 Å². The van der Waals surface area contributed by atoms with Crippen LogP contribution < -0.4 is 10.6 Å². The van der Waals surface area contributed by atoms with Crippen molar-refractivity contribution < 1.29 is 0 Å². The van der Waals surface area contributed by atoms with Gasteiger partial charge >= 0.3 is 0 Å². The first kappa shape index (κ1) is 17.0. The zero-order valence-corrected chi connectivity index (χ0v) is 15.2. The molecule has 27 heavy (non-hydrogen) atoms. The topological polar surface area (TPSA) is 95.3 Å². The molecule has 1 aromatic carbocycles. The van der Waals surface area contributed by atoms with Gasteiger partial charge in [0.1, 0.15) is 5.82 Å². The van der Waals surface area contributed by atoms with Crippen molar-refractivity contribution >= 4 is 22.6 Å². The molecule has 0 spiro atoms.